The number of nitrogens with two attached hydrogens (primary N) is 6. The van der Waals surface area contributed by atoms with E-state index in [1.165, 1.54) is 0 Å². The van der Waals surface area contributed by atoms with Crippen molar-refractivity contribution in [1.29, 1.82) is 0 Å². The summed E-state index contributed by atoms with van der Waals surface area (Å²) in [6.45, 7) is 0. The van der Waals surface area contributed by atoms with Gasteiger partial charge in [0.15, 0.2) is 0 Å². The molecule has 3 aromatic heterocycles. The molecule has 16 N–H and O–H groups in total. The number of phosphoric ester groups is 1. The summed E-state index contributed by atoms with van der Waals surface area (Å²) in [6.07, 6.45) is 0. The molecule has 0 spiro atoms. The van der Waals surface area contributed by atoms with Crippen molar-refractivity contribution in [2.75, 3.05) is 34.4 Å². The summed E-state index contributed by atoms with van der Waals surface area (Å²) >= 11 is 0. The molecule has 0 fully saturated rings. The van der Waals surface area contributed by atoms with Gasteiger partial charge in [-0.3, -0.25) is 9.79 Å². The lowest BCUT2D eigenvalue weighted by atomic mass is 10.9. The van der Waals surface area contributed by atoms with Gasteiger partial charge in [-0.15, -0.1) is 15.0 Å². The van der Waals surface area contributed by atoms with Crippen LogP contribution in [-0.2, 0) is 4.57 Å². The Morgan fingerprint density at radius 3 is 1.03 bits per heavy atom. The minimum atomic E-state index is -4.80. The van der Waals surface area contributed by atoms with Crippen LogP contribution in [0.25, 0.3) is 0 Å². The predicted molar refractivity (Wildman–Crippen MR) is 102 cm³/mol. The van der Waals surface area contributed by atoms with E-state index in [4.69, 9.17) is 54.4 Å². The Morgan fingerprint density at radius 2 is 0.806 bits per heavy atom. The molecule has 0 saturated carbocycles. The van der Waals surface area contributed by atoms with Crippen LogP contribution < -0.4 is 38.9 Å². The highest BCUT2D eigenvalue weighted by molar-refractivity contribution is 7.46. The Balaban J connectivity index is 0.000000239. The molecule has 31 heavy (non-hydrogen) atoms. The number of rotatable bonds is 2. The number of nitrogen functional groups attached to an aromatic ring is 6. The van der Waals surface area contributed by atoms with Gasteiger partial charge in [0, 0.05) is 0 Å². The fourth-order valence-corrected chi connectivity index (χ4v) is 1.63. The summed E-state index contributed by atoms with van der Waals surface area (Å²) in [5.74, 6) is 0.250. The summed E-state index contributed by atoms with van der Waals surface area (Å²) in [5.41, 5.74) is 30.8. The first-order valence-electron chi connectivity index (χ1n) is 7.17. The van der Waals surface area contributed by atoms with Crippen LogP contribution in [0.5, 0.6) is 18.0 Å². The van der Waals surface area contributed by atoms with Gasteiger partial charge in [0.2, 0.25) is 35.7 Å². The van der Waals surface area contributed by atoms with E-state index in [-0.39, 0.29) is 35.7 Å². The van der Waals surface area contributed by atoms with Crippen molar-refractivity contribution in [3.63, 3.8) is 0 Å². The van der Waals surface area contributed by atoms with Gasteiger partial charge in [-0.25, -0.2) is 4.57 Å². The van der Waals surface area contributed by atoms with Crippen molar-refractivity contribution in [2.24, 2.45) is 0 Å². The van der Waals surface area contributed by atoms with Crippen molar-refractivity contribution >= 4 is 43.5 Å². The van der Waals surface area contributed by atoms with E-state index in [1.54, 1.807) is 0 Å². The lowest BCUT2D eigenvalue weighted by Gasteiger charge is -2.03. The molecule has 0 aromatic carbocycles. The molecular formula is C9H16N15O6P. The average Bonchev–Trinajstić information content (AvgIpc) is 2.50. The fourth-order valence-electron chi connectivity index (χ4n) is 1.34. The Morgan fingerprint density at radius 1 is 0.548 bits per heavy atom. The zero-order chi connectivity index (χ0) is 23.8. The summed E-state index contributed by atoms with van der Waals surface area (Å²) in [6, 6.07) is -2.68. The topological polar surface area (TPSA) is 379 Å². The maximum Gasteiger partial charge on any atom is 0.527 e. The minimum absolute atomic E-state index is 0.0417. The second-order valence-corrected chi connectivity index (χ2v) is 5.78. The zero-order valence-electron chi connectivity index (χ0n) is 15.0. The largest absolute Gasteiger partial charge is 0.527 e. The van der Waals surface area contributed by atoms with Crippen molar-refractivity contribution < 1.29 is 29.1 Å². The number of aromatic nitrogens is 9. The highest BCUT2D eigenvalue weighted by atomic mass is 31.2. The molecule has 0 unspecified atom stereocenters. The maximum atomic E-state index is 10.2. The van der Waals surface area contributed by atoms with E-state index in [1.807, 2.05) is 0 Å². The average molecular weight is 461 g/mol. The summed E-state index contributed by atoms with van der Waals surface area (Å²) in [4.78, 5) is 46.4. The van der Waals surface area contributed by atoms with Crippen molar-refractivity contribution in [3.8, 4) is 18.0 Å². The maximum absolute atomic E-state index is 10.2. The van der Waals surface area contributed by atoms with E-state index in [0.717, 1.165) is 0 Å². The third-order valence-electron chi connectivity index (χ3n) is 2.17. The quantitative estimate of drug-likeness (QED) is 0.162. The smallest absolute Gasteiger partial charge is 0.479 e. The molecular weight excluding hydrogens is 445 g/mol. The summed E-state index contributed by atoms with van der Waals surface area (Å²) in [7, 11) is -4.80. The lowest BCUT2D eigenvalue weighted by Crippen LogP contribution is -2.05. The predicted octanol–water partition coefficient (Wildman–Crippen LogP) is -4.01. The number of phosphoric acid groups is 1. The Hall–Kier alpha value is -4.62. The first-order chi connectivity index (χ1) is 14.2. The molecule has 3 aromatic rings. The Bertz CT molecular complexity index is 908. The Labute approximate surface area is 170 Å². The molecule has 21 nitrogen and oxygen atoms in total. The van der Waals surface area contributed by atoms with Crippen LogP contribution in [-0.4, -0.2) is 64.9 Å². The molecule has 0 radical (unpaired) electrons. The molecule has 0 bridgehead atoms. The van der Waals surface area contributed by atoms with Gasteiger partial charge in [0.1, 0.15) is 0 Å². The molecule has 0 aliphatic heterocycles. The highest BCUT2D eigenvalue weighted by Crippen LogP contribution is 2.36. The van der Waals surface area contributed by atoms with E-state index in [9.17, 15) is 4.57 Å². The monoisotopic (exact) mass is 461 g/mol. The van der Waals surface area contributed by atoms with Crippen LogP contribution in [0.1, 0.15) is 0 Å². The van der Waals surface area contributed by atoms with Crippen LogP contribution in [0.3, 0.4) is 0 Å². The van der Waals surface area contributed by atoms with E-state index < -0.39 is 25.9 Å². The molecule has 0 amide bonds. The summed E-state index contributed by atoms with van der Waals surface area (Å²) in [5, 5.41) is 17.3. The zero-order valence-corrected chi connectivity index (χ0v) is 15.9. The third kappa shape index (κ3) is 10.5. The number of nitrogens with zero attached hydrogens (tertiary/aromatic N) is 9. The van der Waals surface area contributed by atoms with Crippen LogP contribution >= 0.6 is 7.82 Å². The number of anilines is 6. The second-order valence-electron chi connectivity index (χ2n) is 4.62. The highest BCUT2D eigenvalue weighted by Gasteiger charge is 2.19. The number of hydrogen-bond acceptors (Lipinski definition) is 19. The van der Waals surface area contributed by atoms with E-state index in [0.29, 0.717) is 0 Å². The van der Waals surface area contributed by atoms with Crippen molar-refractivity contribution in [3.05, 3.63) is 0 Å². The van der Waals surface area contributed by atoms with Crippen LogP contribution in [0.2, 0.25) is 0 Å². The Kier molecular flexibility index (Phi) is 8.07. The van der Waals surface area contributed by atoms with Crippen molar-refractivity contribution in [1.82, 2.24) is 44.9 Å². The van der Waals surface area contributed by atoms with Gasteiger partial charge in [-0.1, -0.05) is 0 Å². The van der Waals surface area contributed by atoms with Gasteiger partial charge < -0.3 is 49.1 Å². The molecule has 168 valence electrons. The third-order valence-corrected chi connectivity index (χ3v) is 2.57. The first-order valence-corrected chi connectivity index (χ1v) is 8.70. The standard InChI is InChI=1S/2C3H6N6.C3H4N3O6P/c2*4-1-7-2(5)9-3(6)8-1;7-1-4-2(8)6-3(5-1)12-13(9,10)11/h2*(H6,4,5,6,7,8,9);(H2,9,10,11)(H2,4,5,6,7,8). The molecule has 3 rings (SSSR count). The second kappa shape index (κ2) is 10.2. The van der Waals surface area contributed by atoms with Gasteiger partial charge in [0.05, 0.1) is 0 Å². The lowest BCUT2D eigenvalue weighted by molar-refractivity contribution is 0.269. The normalized spacial score (nSPS) is 10.1. The molecule has 0 aliphatic rings. The number of hydrogen-bond donors (Lipinski definition) is 10. The summed E-state index contributed by atoms with van der Waals surface area (Å²) < 4.78 is 14.1. The van der Waals surface area contributed by atoms with Gasteiger partial charge in [-0.05, 0) is 0 Å². The first kappa shape index (κ1) is 24.4. The van der Waals surface area contributed by atoms with Gasteiger partial charge in [-0.2, -0.15) is 29.9 Å². The fraction of sp³-hybridized carbons (Fsp3) is 0. The van der Waals surface area contributed by atoms with Gasteiger partial charge >= 0.3 is 25.9 Å². The van der Waals surface area contributed by atoms with Crippen LogP contribution in [0.15, 0.2) is 0 Å². The number of aromatic hydroxyl groups is 2. The minimum Gasteiger partial charge on any atom is -0.479 e. The molecule has 22 heteroatoms. The van der Waals surface area contributed by atoms with Crippen LogP contribution in [0.4, 0.5) is 35.7 Å². The SMILES string of the molecule is Nc1nc(N)nc(N)n1.Nc1nc(N)nc(N)n1.O=P(O)(O)Oc1nc(O)nc(O)n1. The molecule has 3 heterocycles. The molecule has 0 saturated heterocycles. The molecule has 0 atom stereocenters. The van der Waals surface area contributed by atoms with Crippen molar-refractivity contribution in [2.45, 2.75) is 0 Å². The van der Waals surface area contributed by atoms with Crippen LogP contribution in [0, 0.1) is 0 Å². The molecule has 0 aliphatic carbocycles. The van der Waals surface area contributed by atoms with Gasteiger partial charge in [0.25, 0.3) is 0 Å². The van der Waals surface area contributed by atoms with E-state index >= 15 is 0 Å². The van der Waals surface area contributed by atoms with E-state index in [2.05, 4.69) is 49.4 Å².